The highest BCUT2D eigenvalue weighted by Gasteiger charge is 2.30. The van der Waals surface area contributed by atoms with Crippen molar-refractivity contribution in [2.24, 2.45) is 0 Å². The van der Waals surface area contributed by atoms with Crippen LogP contribution in [-0.4, -0.2) is 43.2 Å². The quantitative estimate of drug-likeness (QED) is 0.226. The maximum absolute atomic E-state index is 12.5. The van der Waals surface area contributed by atoms with Crippen LogP contribution >= 0.6 is 0 Å². The number of nitrogens with one attached hydrogen (secondary N) is 5. The Morgan fingerprint density at radius 1 is 0.735 bits per heavy atom. The van der Waals surface area contributed by atoms with Gasteiger partial charge in [0, 0.05) is 0 Å². The lowest BCUT2D eigenvalue weighted by Crippen LogP contribution is -2.32. The zero-order valence-corrected chi connectivity index (χ0v) is 18.6. The van der Waals surface area contributed by atoms with Crippen molar-refractivity contribution in [1.29, 1.82) is 0 Å². The van der Waals surface area contributed by atoms with Gasteiger partial charge in [-0.05, 0) is 29.4 Å². The van der Waals surface area contributed by atoms with Crippen molar-refractivity contribution in [3.8, 4) is 11.8 Å². The number of aromatic amines is 4. The van der Waals surface area contributed by atoms with Crippen LogP contribution in [0.25, 0.3) is 10.8 Å². The summed E-state index contributed by atoms with van der Waals surface area (Å²) in [6.07, 6.45) is 0. The number of fused-ring (bicyclic) bond motifs is 1. The highest BCUT2D eigenvalue weighted by Crippen LogP contribution is 2.35. The first-order valence-corrected chi connectivity index (χ1v) is 10.6. The van der Waals surface area contributed by atoms with Crippen LogP contribution in [0.3, 0.4) is 0 Å². The van der Waals surface area contributed by atoms with Gasteiger partial charge in [-0.3, -0.25) is 29.5 Å². The van der Waals surface area contributed by atoms with Crippen molar-refractivity contribution in [2.75, 3.05) is 13.1 Å². The van der Waals surface area contributed by atoms with Gasteiger partial charge in [-0.2, -0.15) is 0 Å². The van der Waals surface area contributed by atoms with Crippen LogP contribution in [0.2, 0.25) is 0 Å². The second kappa shape index (κ2) is 10.5. The molecule has 0 radical (unpaired) electrons. The molecule has 178 valence electrons. The number of H-pyrrole nitrogens is 4. The van der Waals surface area contributed by atoms with Gasteiger partial charge in [0.05, 0.1) is 17.0 Å². The first-order valence-electron chi connectivity index (χ1n) is 10.6. The Labute approximate surface area is 192 Å². The molecule has 4 aromatic rings. The molecular weight excluding hydrogens is 442 g/mol. The van der Waals surface area contributed by atoms with E-state index in [1.165, 1.54) is 0 Å². The lowest BCUT2D eigenvalue weighted by Gasteiger charge is -2.18. The second-order valence-corrected chi connectivity index (χ2v) is 7.34. The third-order valence-electron chi connectivity index (χ3n) is 5.10. The van der Waals surface area contributed by atoms with E-state index >= 15 is 0 Å². The van der Waals surface area contributed by atoms with E-state index in [0.717, 1.165) is 23.9 Å². The van der Waals surface area contributed by atoms with E-state index in [4.69, 9.17) is 0 Å². The van der Waals surface area contributed by atoms with E-state index in [2.05, 4.69) is 29.1 Å². The first kappa shape index (κ1) is 24.3. The summed E-state index contributed by atoms with van der Waals surface area (Å²) in [6, 6.07) is 12.3. The molecule has 0 saturated carbocycles. The minimum absolute atomic E-state index is 0.365. The predicted molar refractivity (Wildman–Crippen MR) is 128 cm³/mol. The van der Waals surface area contributed by atoms with Gasteiger partial charge in [0.2, 0.25) is 11.8 Å². The Kier molecular flexibility index (Phi) is 7.49. The molecule has 2 aromatic heterocycles. The summed E-state index contributed by atoms with van der Waals surface area (Å²) in [5.74, 6) is -2.82. The molecule has 0 aliphatic carbocycles. The van der Waals surface area contributed by atoms with E-state index < -0.39 is 40.2 Å². The van der Waals surface area contributed by atoms with Crippen molar-refractivity contribution in [1.82, 2.24) is 25.3 Å². The molecular formula is C23H25N5O6. The Balaban J connectivity index is 0.000000588. The van der Waals surface area contributed by atoms with Crippen LogP contribution in [0.4, 0.5) is 0 Å². The minimum atomic E-state index is -1.29. The molecule has 0 bridgehead atoms. The molecule has 4 rings (SSSR count). The molecule has 0 saturated heterocycles. The third-order valence-corrected chi connectivity index (χ3v) is 5.10. The summed E-state index contributed by atoms with van der Waals surface area (Å²) in [6.45, 7) is 6.39. The van der Waals surface area contributed by atoms with E-state index in [-0.39, 0.29) is 11.1 Å². The maximum Gasteiger partial charge on any atom is 0.328 e. The summed E-state index contributed by atoms with van der Waals surface area (Å²) in [7, 11) is 0. The molecule has 0 unspecified atom stereocenters. The molecule has 2 aromatic carbocycles. The predicted octanol–water partition coefficient (Wildman–Crippen LogP) is 0.800. The average Bonchev–Trinajstić information content (AvgIpc) is 2.77. The second-order valence-electron chi connectivity index (χ2n) is 7.34. The van der Waals surface area contributed by atoms with Crippen LogP contribution in [0, 0.1) is 0 Å². The standard InChI is InChI=1S/C19H14N4O6.C4H11N/c24-14-12(15(25)21-18(28)20-14)11(13-16(26)22-19(29)23-17(13)27)10-6-5-8-3-1-2-4-9(8)7-10;1-3-5-4-2/h1-7,11H,(H3,20,21,24,25,28)(H3,22,23,26,27,29);5H,3-4H2,1-2H3. The number of hydrogen-bond acceptors (Lipinski definition) is 7. The van der Waals surface area contributed by atoms with E-state index in [1.54, 1.807) is 24.3 Å². The molecule has 11 heteroatoms. The SMILES string of the molecule is CCNCC.O=c1[nH]c(O)c(C(c2ccc3ccccc3c2)c2c(O)[nH]c(=O)[nH]c2=O)c(=O)[nH]1. The minimum Gasteiger partial charge on any atom is -0.494 e. The highest BCUT2D eigenvalue weighted by atomic mass is 16.3. The molecule has 0 aliphatic heterocycles. The van der Waals surface area contributed by atoms with Gasteiger partial charge in [-0.25, -0.2) is 9.59 Å². The van der Waals surface area contributed by atoms with Crippen LogP contribution in [0.15, 0.2) is 61.6 Å². The zero-order valence-electron chi connectivity index (χ0n) is 18.6. The monoisotopic (exact) mass is 467 g/mol. The number of hydrogen-bond donors (Lipinski definition) is 7. The Hall–Kier alpha value is -4.38. The molecule has 2 heterocycles. The summed E-state index contributed by atoms with van der Waals surface area (Å²) < 4.78 is 0. The number of rotatable bonds is 5. The van der Waals surface area contributed by atoms with Gasteiger partial charge >= 0.3 is 11.4 Å². The van der Waals surface area contributed by atoms with Crippen molar-refractivity contribution in [2.45, 2.75) is 19.8 Å². The lowest BCUT2D eigenvalue weighted by molar-refractivity contribution is 0.429. The van der Waals surface area contributed by atoms with Gasteiger partial charge in [0.25, 0.3) is 11.1 Å². The Morgan fingerprint density at radius 3 is 1.68 bits per heavy atom. The summed E-state index contributed by atoms with van der Waals surface area (Å²) in [5, 5.41) is 25.3. The van der Waals surface area contributed by atoms with E-state index in [0.29, 0.717) is 5.56 Å². The van der Waals surface area contributed by atoms with Crippen LogP contribution < -0.4 is 27.8 Å². The molecule has 11 nitrogen and oxygen atoms in total. The molecule has 0 fully saturated rings. The molecule has 0 atom stereocenters. The van der Waals surface area contributed by atoms with Gasteiger partial charge < -0.3 is 15.5 Å². The maximum atomic E-state index is 12.5. The fourth-order valence-electron chi connectivity index (χ4n) is 3.62. The number of benzene rings is 2. The van der Waals surface area contributed by atoms with Gasteiger partial charge in [-0.15, -0.1) is 0 Å². The Bertz CT molecular complexity index is 1460. The van der Waals surface area contributed by atoms with Gasteiger partial charge in [0.15, 0.2) is 0 Å². The van der Waals surface area contributed by atoms with Crippen molar-refractivity contribution < 1.29 is 10.2 Å². The van der Waals surface area contributed by atoms with Crippen LogP contribution in [-0.2, 0) is 0 Å². The van der Waals surface area contributed by atoms with Gasteiger partial charge in [0.1, 0.15) is 0 Å². The van der Waals surface area contributed by atoms with E-state index in [1.807, 2.05) is 28.2 Å². The molecule has 0 aliphatic rings. The zero-order chi connectivity index (χ0) is 24.8. The molecule has 0 amide bonds. The Morgan fingerprint density at radius 2 is 1.24 bits per heavy atom. The number of aromatic hydroxyl groups is 2. The van der Waals surface area contributed by atoms with Crippen LogP contribution in [0.1, 0.15) is 36.5 Å². The summed E-state index contributed by atoms with van der Waals surface area (Å²) >= 11 is 0. The largest absolute Gasteiger partial charge is 0.494 e. The van der Waals surface area contributed by atoms with E-state index in [9.17, 15) is 29.4 Å². The summed E-state index contributed by atoms with van der Waals surface area (Å²) in [5.41, 5.74) is -4.14. The lowest BCUT2D eigenvalue weighted by atomic mass is 9.86. The normalized spacial score (nSPS) is 10.8. The average molecular weight is 467 g/mol. The molecule has 7 N–H and O–H groups in total. The topological polar surface area (TPSA) is 184 Å². The van der Waals surface area contributed by atoms with Crippen molar-refractivity contribution in [3.05, 3.63) is 101 Å². The van der Waals surface area contributed by atoms with Crippen LogP contribution in [0.5, 0.6) is 11.8 Å². The smallest absolute Gasteiger partial charge is 0.328 e. The number of aromatic nitrogens is 4. The molecule has 0 spiro atoms. The fourth-order valence-corrected chi connectivity index (χ4v) is 3.62. The van der Waals surface area contributed by atoms with Crippen molar-refractivity contribution in [3.63, 3.8) is 0 Å². The van der Waals surface area contributed by atoms with Gasteiger partial charge in [-0.1, -0.05) is 56.3 Å². The fraction of sp³-hybridized carbons (Fsp3) is 0.217. The highest BCUT2D eigenvalue weighted by molar-refractivity contribution is 5.83. The molecule has 34 heavy (non-hydrogen) atoms. The third kappa shape index (κ3) is 5.15. The summed E-state index contributed by atoms with van der Waals surface area (Å²) in [4.78, 5) is 56.1. The first-order chi connectivity index (χ1) is 16.3. The van der Waals surface area contributed by atoms with Crippen molar-refractivity contribution >= 4 is 10.8 Å².